The molecule has 0 rings (SSSR count). The minimum Gasteiger partial charge on any atom is -0.0887 e. The molecule has 64 valence electrons. The van der Waals surface area contributed by atoms with Crippen molar-refractivity contribution in [2.24, 2.45) is 0 Å². The molecule has 0 amide bonds. The largest absolute Gasteiger partial charge is 0.0887 e. The van der Waals surface area contributed by atoms with Gasteiger partial charge in [0.2, 0.25) is 0 Å². The molecule has 0 heterocycles. The van der Waals surface area contributed by atoms with Gasteiger partial charge in [0.1, 0.15) is 0 Å². The minimum absolute atomic E-state index is 1.23. The van der Waals surface area contributed by atoms with Gasteiger partial charge in [0.05, 0.1) is 0 Å². The van der Waals surface area contributed by atoms with Crippen LogP contribution >= 0.6 is 0 Å². The Balaban J connectivity index is 3.36. The highest BCUT2D eigenvalue weighted by Gasteiger charge is 1.87. The summed E-state index contributed by atoms with van der Waals surface area (Å²) in [7, 11) is 0. The molecule has 0 saturated heterocycles. The van der Waals surface area contributed by atoms with Crippen LogP contribution in [0.3, 0.4) is 0 Å². The van der Waals surface area contributed by atoms with E-state index in [1.807, 2.05) is 0 Å². The molecule has 11 heavy (non-hydrogen) atoms. The molecular weight excluding hydrogens is 132 g/mol. The van der Waals surface area contributed by atoms with Gasteiger partial charge in [-0.2, -0.15) is 0 Å². The molecule has 0 aliphatic carbocycles. The van der Waals surface area contributed by atoms with Gasteiger partial charge in [-0.05, 0) is 47.0 Å². The molecule has 0 atom stereocenters. The number of rotatable bonds is 4. The van der Waals surface area contributed by atoms with E-state index >= 15 is 0 Å². The molecule has 0 bridgehead atoms. The highest BCUT2D eigenvalue weighted by atomic mass is 13.9. The molecule has 0 aromatic rings. The second kappa shape index (κ2) is 6.21. The Morgan fingerprint density at radius 3 is 2.27 bits per heavy atom. The van der Waals surface area contributed by atoms with Crippen molar-refractivity contribution in [2.75, 3.05) is 0 Å². The van der Waals surface area contributed by atoms with E-state index in [1.165, 1.54) is 30.4 Å². The lowest BCUT2D eigenvalue weighted by Gasteiger charge is -1.97. The van der Waals surface area contributed by atoms with Crippen molar-refractivity contribution in [3.8, 4) is 0 Å². The molecule has 0 radical (unpaired) electrons. The Morgan fingerprint density at radius 1 is 1.18 bits per heavy atom. The van der Waals surface area contributed by atoms with Crippen molar-refractivity contribution >= 4 is 0 Å². The van der Waals surface area contributed by atoms with Crippen molar-refractivity contribution < 1.29 is 0 Å². The Kier molecular flexibility index (Phi) is 5.91. The summed E-state index contributed by atoms with van der Waals surface area (Å²) in [6.07, 6.45) is 8.28. The molecule has 0 aliphatic heterocycles. The van der Waals surface area contributed by atoms with Gasteiger partial charge >= 0.3 is 0 Å². The summed E-state index contributed by atoms with van der Waals surface area (Å²) >= 11 is 0. The van der Waals surface area contributed by atoms with Crippen molar-refractivity contribution in [2.45, 2.75) is 47.0 Å². The topological polar surface area (TPSA) is 0 Å². The normalized spacial score (nSPS) is 11.5. The number of allylic oxidation sites excluding steroid dienone is 4. The van der Waals surface area contributed by atoms with E-state index in [2.05, 4.69) is 39.8 Å². The summed E-state index contributed by atoms with van der Waals surface area (Å²) in [6.45, 7) is 8.61. The van der Waals surface area contributed by atoms with Gasteiger partial charge in [-0.1, -0.05) is 23.3 Å². The van der Waals surface area contributed by atoms with E-state index < -0.39 is 0 Å². The maximum Gasteiger partial charge on any atom is -0.0320 e. The quantitative estimate of drug-likeness (QED) is 0.420. The molecule has 0 nitrogen and oxygen atoms in total. The van der Waals surface area contributed by atoms with E-state index in [-0.39, 0.29) is 0 Å². The zero-order valence-electron chi connectivity index (χ0n) is 8.28. The lowest BCUT2D eigenvalue weighted by atomic mass is 10.1. The fourth-order valence-corrected chi connectivity index (χ4v) is 0.916. The van der Waals surface area contributed by atoms with Crippen LogP contribution in [0, 0.1) is 0 Å². The van der Waals surface area contributed by atoms with E-state index in [4.69, 9.17) is 0 Å². The summed E-state index contributed by atoms with van der Waals surface area (Å²) in [5, 5.41) is 0. The number of hydrogen-bond acceptors (Lipinski definition) is 0. The SMILES string of the molecule is C/C=C(/C)CCCC=C(C)C. The van der Waals surface area contributed by atoms with Crippen LogP contribution in [0.2, 0.25) is 0 Å². The Bertz CT molecular complexity index is 145. The van der Waals surface area contributed by atoms with Gasteiger partial charge in [0.15, 0.2) is 0 Å². The first-order valence-electron chi connectivity index (χ1n) is 4.42. The van der Waals surface area contributed by atoms with Crippen molar-refractivity contribution in [3.63, 3.8) is 0 Å². The van der Waals surface area contributed by atoms with Crippen LogP contribution in [0.1, 0.15) is 47.0 Å². The van der Waals surface area contributed by atoms with Gasteiger partial charge in [-0.15, -0.1) is 0 Å². The van der Waals surface area contributed by atoms with Gasteiger partial charge in [-0.25, -0.2) is 0 Å². The van der Waals surface area contributed by atoms with E-state index in [0.29, 0.717) is 0 Å². The van der Waals surface area contributed by atoms with Gasteiger partial charge in [0.25, 0.3) is 0 Å². The minimum atomic E-state index is 1.23. The second-order valence-corrected chi connectivity index (χ2v) is 3.31. The molecule has 0 saturated carbocycles. The second-order valence-electron chi connectivity index (χ2n) is 3.31. The average molecular weight is 152 g/mol. The highest BCUT2D eigenvalue weighted by Crippen LogP contribution is 2.07. The van der Waals surface area contributed by atoms with Crippen LogP contribution in [0.5, 0.6) is 0 Å². The molecule has 0 unspecified atom stereocenters. The van der Waals surface area contributed by atoms with Crippen LogP contribution in [0.4, 0.5) is 0 Å². The Morgan fingerprint density at radius 2 is 1.82 bits per heavy atom. The maximum atomic E-state index is 2.31. The van der Waals surface area contributed by atoms with Crippen LogP contribution in [0.25, 0.3) is 0 Å². The van der Waals surface area contributed by atoms with Crippen LogP contribution < -0.4 is 0 Å². The molecule has 0 spiro atoms. The monoisotopic (exact) mass is 152 g/mol. The fraction of sp³-hybridized carbons (Fsp3) is 0.636. The van der Waals surface area contributed by atoms with Gasteiger partial charge in [-0.3, -0.25) is 0 Å². The molecule has 0 aliphatic rings. The van der Waals surface area contributed by atoms with E-state index in [1.54, 1.807) is 0 Å². The molecular formula is C11H20. The zero-order chi connectivity index (χ0) is 8.69. The third-order valence-electron chi connectivity index (χ3n) is 1.82. The fourth-order valence-electron chi connectivity index (χ4n) is 0.916. The lowest BCUT2D eigenvalue weighted by Crippen LogP contribution is -1.76. The zero-order valence-corrected chi connectivity index (χ0v) is 8.28. The summed E-state index contributed by atoms with van der Waals surface area (Å²) in [4.78, 5) is 0. The predicted molar refractivity (Wildman–Crippen MR) is 52.7 cm³/mol. The van der Waals surface area contributed by atoms with Gasteiger partial charge < -0.3 is 0 Å². The summed E-state index contributed by atoms with van der Waals surface area (Å²) in [6, 6.07) is 0. The van der Waals surface area contributed by atoms with Gasteiger partial charge in [0, 0.05) is 0 Å². The van der Waals surface area contributed by atoms with E-state index in [9.17, 15) is 0 Å². The summed E-state index contributed by atoms with van der Waals surface area (Å²) in [5.74, 6) is 0. The number of unbranched alkanes of at least 4 members (excludes halogenated alkanes) is 1. The summed E-state index contributed by atoms with van der Waals surface area (Å²) in [5.41, 5.74) is 2.94. The molecule has 0 aromatic heterocycles. The molecule has 0 N–H and O–H groups in total. The number of hydrogen-bond donors (Lipinski definition) is 0. The average Bonchev–Trinajstić information content (AvgIpc) is 1.97. The van der Waals surface area contributed by atoms with E-state index in [0.717, 1.165) is 0 Å². The smallest absolute Gasteiger partial charge is 0.0320 e. The third kappa shape index (κ3) is 7.38. The standard InChI is InChI=1S/C11H20/c1-5-11(4)9-7-6-8-10(2)3/h5,8H,6-7,9H2,1-4H3/b11-5-. The first-order chi connectivity index (χ1) is 5.16. The van der Waals surface area contributed by atoms with Crippen molar-refractivity contribution in [1.29, 1.82) is 0 Å². The molecule has 0 aromatic carbocycles. The first kappa shape index (κ1) is 10.5. The first-order valence-corrected chi connectivity index (χ1v) is 4.42. The Labute approximate surface area is 71.0 Å². The van der Waals surface area contributed by atoms with Crippen LogP contribution in [-0.4, -0.2) is 0 Å². The van der Waals surface area contributed by atoms with Crippen LogP contribution in [0.15, 0.2) is 23.3 Å². The Hall–Kier alpha value is -0.520. The van der Waals surface area contributed by atoms with Crippen molar-refractivity contribution in [3.05, 3.63) is 23.3 Å². The molecule has 0 heteroatoms. The van der Waals surface area contributed by atoms with Crippen molar-refractivity contribution in [1.82, 2.24) is 0 Å². The third-order valence-corrected chi connectivity index (χ3v) is 1.82. The lowest BCUT2D eigenvalue weighted by molar-refractivity contribution is 0.826. The maximum absolute atomic E-state index is 2.31. The van der Waals surface area contributed by atoms with Crippen LogP contribution in [-0.2, 0) is 0 Å². The highest BCUT2D eigenvalue weighted by molar-refractivity contribution is 4.97. The predicted octanol–water partition coefficient (Wildman–Crippen LogP) is 4.09. The summed E-state index contributed by atoms with van der Waals surface area (Å²) < 4.78 is 0. The molecule has 0 fully saturated rings.